The molecule has 16 heavy (non-hydrogen) atoms. The Morgan fingerprint density at radius 2 is 2.19 bits per heavy atom. The largest absolute Gasteiger partial charge is 0.294 e. The van der Waals surface area contributed by atoms with Crippen LogP contribution >= 0.6 is 0 Å². The second-order valence-electron chi connectivity index (χ2n) is 4.77. The Labute approximate surface area is 96.2 Å². The van der Waals surface area contributed by atoms with Crippen molar-refractivity contribution in [3.8, 4) is 0 Å². The van der Waals surface area contributed by atoms with Gasteiger partial charge in [0.1, 0.15) is 0 Å². The third kappa shape index (κ3) is 1.70. The van der Waals surface area contributed by atoms with Gasteiger partial charge in [0, 0.05) is 18.9 Å². The van der Waals surface area contributed by atoms with Crippen LogP contribution in [0.15, 0.2) is 6.58 Å². The van der Waals surface area contributed by atoms with Gasteiger partial charge in [-0.25, -0.2) is 0 Å². The molecular weight excluding hydrogens is 200 g/mol. The molecule has 1 heterocycles. The van der Waals surface area contributed by atoms with Crippen molar-refractivity contribution in [1.82, 2.24) is 9.78 Å². The van der Waals surface area contributed by atoms with Crippen molar-refractivity contribution in [3.05, 3.63) is 23.5 Å². The Balaban J connectivity index is 2.54. The van der Waals surface area contributed by atoms with E-state index in [-0.39, 0.29) is 11.7 Å². The Kier molecular flexibility index (Phi) is 2.70. The lowest BCUT2D eigenvalue weighted by molar-refractivity contribution is 0.0938. The molecule has 0 atom stereocenters. The smallest absolute Gasteiger partial charge is 0.169 e. The average molecular weight is 218 g/mol. The number of carbonyl (C=O) groups is 1. The molecule has 1 aromatic heterocycles. The molecule has 1 fully saturated rings. The molecule has 0 saturated heterocycles. The van der Waals surface area contributed by atoms with Crippen LogP contribution in [0.4, 0.5) is 0 Å². The van der Waals surface area contributed by atoms with Gasteiger partial charge in [0.15, 0.2) is 5.78 Å². The Hall–Kier alpha value is -1.38. The summed E-state index contributed by atoms with van der Waals surface area (Å²) in [5, 5.41) is 4.47. The molecule has 1 aliphatic rings. The monoisotopic (exact) mass is 218 g/mol. The molecule has 3 nitrogen and oxygen atoms in total. The number of hydrogen-bond donors (Lipinski definition) is 0. The summed E-state index contributed by atoms with van der Waals surface area (Å²) in [4.78, 5) is 12.2. The number of carbonyl (C=O) groups excluding carboxylic acids is 1. The second kappa shape index (κ2) is 3.89. The number of Topliss-reactive ketones (excluding diaryl/α,β-unsaturated/α-hetero) is 1. The molecule has 1 aliphatic carbocycles. The topological polar surface area (TPSA) is 34.9 Å². The zero-order valence-corrected chi connectivity index (χ0v) is 10.2. The average Bonchev–Trinajstić information content (AvgIpc) is 3.01. The van der Waals surface area contributed by atoms with Gasteiger partial charge in [0.2, 0.25) is 0 Å². The summed E-state index contributed by atoms with van der Waals surface area (Å²) in [5.41, 5.74) is 2.65. The standard InChI is InChI=1S/C13H18N2O/c1-5-10-11(13(16)8(2)3)12(9-6-7-9)14-15(10)4/h5,8-9H,1,6-7H2,2-4H3. The molecule has 0 spiro atoms. The van der Waals surface area contributed by atoms with Crippen LogP contribution in [0.2, 0.25) is 0 Å². The molecular formula is C13H18N2O. The highest BCUT2D eigenvalue weighted by molar-refractivity contribution is 6.01. The summed E-state index contributed by atoms with van der Waals surface area (Å²) < 4.78 is 1.77. The summed E-state index contributed by atoms with van der Waals surface area (Å²) in [5.74, 6) is 0.697. The van der Waals surface area contributed by atoms with E-state index in [1.807, 2.05) is 20.9 Å². The number of nitrogens with zero attached hydrogens (tertiary/aromatic N) is 2. The molecule has 1 aromatic rings. The zero-order valence-electron chi connectivity index (χ0n) is 10.2. The number of rotatable bonds is 4. The molecule has 0 N–H and O–H groups in total. The van der Waals surface area contributed by atoms with E-state index >= 15 is 0 Å². The molecule has 0 bridgehead atoms. The van der Waals surface area contributed by atoms with Gasteiger partial charge in [-0.15, -0.1) is 0 Å². The first-order valence-corrected chi connectivity index (χ1v) is 5.79. The molecule has 0 radical (unpaired) electrons. The van der Waals surface area contributed by atoms with Crippen molar-refractivity contribution in [2.45, 2.75) is 32.6 Å². The molecule has 0 unspecified atom stereocenters. The lowest BCUT2D eigenvalue weighted by atomic mass is 9.97. The van der Waals surface area contributed by atoms with Gasteiger partial charge in [0.25, 0.3) is 0 Å². The predicted octanol–water partition coefficient (Wildman–Crippen LogP) is 2.78. The van der Waals surface area contributed by atoms with E-state index in [1.165, 1.54) is 0 Å². The van der Waals surface area contributed by atoms with Crippen LogP contribution in [0.25, 0.3) is 6.08 Å². The van der Waals surface area contributed by atoms with Crippen molar-refractivity contribution < 1.29 is 4.79 Å². The highest BCUT2D eigenvalue weighted by Gasteiger charge is 2.33. The minimum atomic E-state index is 0.0143. The van der Waals surface area contributed by atoms with E-state index in [9.17, 15) is 4.79 Å². The molecule has 0 amide bonds. The Bertz CT molecular complexity index is 439. The predicted molar refractivity (Wildman–Crippen MR) is 64.4 cm³/mol. The maximum atomic E-state index is 12.2. The molecule has 3 heteroatoms. The summed E-state index contributed by atoms with van der Waals surface area (Å²) in [6.07, 6.45) is 4.05. The fourth-order valence-corrected chi connectivity index (χ4v) is 1.98. The van der Waals surface area contributed by atoms with Gasteiger partial charge in [-0.2, -0.15) is 5.10 Å². The third-order valence-corrected chi connectivity index (χ3v) is 3.05. The third-order valence-electron chi connectivity index (χ3n) is 3.05. The molecule has 1 saturated carbocycles. The molecule has 2 rings (SSSR count). The number of aryl methyl sites for hydroxylation is 1. The number of aromatic nitrogens is 2. The van der Waals surface area contributed by atoms with Gasteiger partial charge in [0.05, 0.1) is 17.0 Å². The first-order valence-electron chi connectivity index (χ1n) is 5.79. The second-order valence-corrected chi connectivity index (χ2v) is 4.77. The van der Waals surface area contributed by atoms with Crippen molar-refractivity contribution in [2.75, 3.05) is 0 Å². The SMILES string of the molecule is C=Cc1c(C(=O)C(C)C)c(C2CC2)nn1C. The molecule has 86 valence electrons. The van der Waals surface area contributed by atoms with E-state index in [0.717, 1.165) is 29.8 Å². The van der Waals surface area contributed by atoms with E-state index in [4.69, 9.17) is 0 Å². The summed E-state index contributed by atoms with van der Waals surface area (Å²) >= 11 is 0. The van der Waals surface area contributed by atoms with Crippen molar-refractivity contribution in [2.24, 2.45) is 13.0 Å². The van der Waals surface area contributed by atoms with E-state index in [2.05, 4.69) is 11.7 Å². The van der Waals surface area contributed by atoms with Crippen LogP contribution in [0.5, 0.6) is 0 Å². The van der Waals surface area contributed by atoms with Crippen molar-refractivity contribution in [3.63, 3.8) is 0 Å². The van der Waals surface area contributed by atoms with Crippen molar-refractivity contribution in [1.29, 1.82) is 0 Å². The van der Waals surface area contributed by atoms with Gasteiger partial charge in [-0.3, -0.25) is 9.48 Å². The van der Waals surface area contributed by atoms with Gasteiger partial charge < -0.3 is 0 Å². The minimum Gasteiger partial charge on any atom is -0.294 e. The first kappa shape index (κ1) is 11.1. The lowest BCUT2D eigenvalue weighted by Gasteiger charge is -2.05. The Morgan fingerprint density at radius 3 is 2.62 bits per heavy atom. The number of hydrogen-bond acceptors (Lipinski definition) is 2. The first-order chi connectivity index (χ1) is 7.56. The van der Waals surface area contributed by atoms with Crippen LogP contribution in [-0.4, -0.2) is 15.6 Å². The van der Waals surface area contributed by atoms with Crippen LogP contribution in [0.1, 0.15) is 54.4 Å². The van der Waals surface area contributed by atoms with Gasteiger partial charge >= 0.3 is 0 Å². The summed E-state index contributed by atoms with van der Waals surface area (Å²) in [6, 6.07) is 0. The minimum absolute atomic E-state index is 0.0143. The normalized spacial score (nSPS) is 15.5. The summed E-state index contributed by atoms with van der Waals surface area (Å²) in [6.45, 7) is 7.63. The molecule has 0 aliphatic heterocycles. The quantitative estimate of drug-likeness (QED) is 0.728. The van der Waals surface area contributed by atoms with Gasteiger partial charge in [-0.05, 0) is 18.9 Å². The van der Waals surface area contributed by atoms with Gasteiger partial charge in [-0.1, -0.05) is 20.4 Å². The zero-order chi connectivity index (χ0) is 11.9. The van der Waals surface area contributed by atoms with E-state index in [1.54, 1.807) is 10.8 Å². The van der Waals surface area contributed by atoms with Crippen LogP contribution in [0.3, 0.4) is 0 Å². The summed E-state index contributed by atoms with van der Waals surface area (Å²) in [7, 11) is 1.88. The maximum Gasteiger partial charge on any atom is 0.169 e. The molecule has 0 aromatic carbocycles. The maximum absolute atomic E-state index is 12.2. The van der Waals surface area contributed by atoms with Crippen LogP contribution < -0.4 is 0 Å². The van der Waals surface area contributed by atoms with Crippen molar-refractivity contribution >= 4 is 11.9 Å². The van der Waals surface area contributed by atoms with Crippen LogP contribution in [-0.2, 0) is 7.05 Å². The highest BCUT2D eigenvalue weighted by atomic mass is 16.1. The fraction of sp³-hybridized carbons (Fsp3) is 0.538. The van der Waals surface area contributed by atoms with E-state index < -0.39 is 0 Å². The van der Waals surface area contributed by atoms with Crippen LogP contribution in [0, 0.1) is 5.92 Å². The lowest BCUT2D eigenvalue weighted by Crippen LogP contribution is -2.10. The number of ketones is 1. The Morgan fingerprint density at radius 1 is 1.56 bits per heavy atom. The highest BCUT2D eigenvalue weighted by Crippen LogP contribution is 2.42. The fourth-order valence-electron chi connectivity index (χ4n) is 1.98. The van der Waals surface area contributed by atoms with E-state index in [0.29, 0.717) is 5.92 Å².